The highest BCUT2D eigenvalue weighted by molar-refractivity contribution is 7.80. The molecule has 6 N–H and O–H groups in total. The third-order valence-corrected chi connectivity index (χ3v) is 11.4. The maximum Gasteiger partial charge on any atom is 0.397 e. The van der Waals surface area contributed by atoms with Crippen molar-refractivity contribution in [3.8, 4) is 0 Å². The number of unbranched alkanes of at least 4 members (excludes halogenated alkanes) is 26. The van der Waals surface area contributed by atoms with E-state index in [2.05, 4.69) is 23.3 Å². The second kappa shape index (κ2) is 34.0. The maximum atomic E-state index is 12.9. The topological polar surface area (TPSA) is 192 Å². The molecule has 1 heterocycles. The van der Waals surface area contributed by atoms with Crippen molar-refractivity contribution >= 4 is 16.3 Å². The van der Waals surface area contributed by atoms with Gasteiger partial charge in [-0.2, -0.15) is 8.42 Å². The van der Waals surface area contributed by atoms with Crippen molar-refractivity contribution in [1.29, 1.82) is 0 Å². The molecule has 0 radical (unpaired) electrons. The van der Waals surface area contributed by atoms with Crippen molar-refractivity contribution in [1.82, 2.24) is 5.32 Å². The Morgan fingerprint density at radius 3 is 1.45 bits per heavy atom. The van der Waals surface area contributed by atoms with E-state index >= 15 is 0 Å². The highest BCUT2D eigenvalue weighted by Crippen LogP contribution is 2.26. The molecule has 13 heteroatoms. The van der Waals surface area contributed by atoms with Crippen LogP contribution >= 0.6 is 0 Å². The molecule has 1 fully saturated rings. The quantitative estimate of drug-likeness (QED) is 0.0260. The summed E-state index contributed by atoms with van der Waals surface area (Å²) < 4.78 is 47.5. The number of nitrogens with one attached hydrogen (secondary N) is 1. The van der Waals surface area contributed by atoms with Crippen LogP contribution < -0.4 is 5.32 Å². The molecule has 1 rings (SSSR count). The molecule has 12 nitrogen and oxygen atoms in total. The summed E-state index contributed by atoms with van der Waals surface area (Å²) in [7, 11) is -5.07. The van der Waals surface area contributed by atoms with Crippen LogP contribution in [0.1, 0.15) is 206 Å². The largest absolute Gasteiger partial charge is 0.397 e. The van der Waals surface area contributed by atoms with E-state index < -0.39 is 59.9 Å². The molecule has 0 aliphatic carbocycles. The van der Waals surface area contributed by atoms with Crippen LogP contribution in [0.5, 0.6) is 0 Å². The van der Waals surface area contributed by atoms with E-state index in [0.717, 1.165) is 51.4 Å². The van der Waals surface area contributed by atoms with Gasteiger partial charge in [0.1, 0.15) is 24.4 Å². The normalized spacial score (nSPS) is 21.5. The molecule has 1 amide bonds. The van der Waals surface area contributed by atoms with E-state index in [0.29, 0.717) is 12.8 Å². The van der Waals surface area contributed by atoms with Crippen molar-refractivity contribution in [3.05, 3.63) is 0 Å². The van der Waals surface area contributed by atoms with Gasteiger partial charge in [-0.05, 0) is 12.8 Å². The Morgan fingerprint density at radius 2 is 1.05 bits per heavy atom. The summed E-state index contributed by atoms with van der Waals surface area (Å²) in [6, 6.07) is -0.849. The number of hydrogen-bond acceptors (Lipinski definition) is 10. The van der Waals surface area contributed by atoms with Gasteiger partial charge < -0.3 is 35.2 Å². The summed E-state index contributed by atoms with van der Waals surface area (Å²) in [6.45, 7) is 3.42. The van der Waals surface area contributed by atoms with Crippen LogP contribution in [0.2, 0.25) is 0 Å². The zero-order chi connectivity index (χ0) is 40.6. The number of rotatable bonds is 38. The third-order valence-electron chi connectivity index (χ3n) is 10.9. The lowest BCUT2D eigenvalue weighted by molar-refractivity contribution is -0.298. The number of aliphatic hydroxyl groups is 4. The standard InChI is InChI=1S/C42H83NO11S/c1-3-5-7-9-11-13-14-15-16-17-18-19-20-21-22-24-25-27-29-31-36(45)35(43-38(46)32-30-28-26-23-12-10-8-6-4-2)34-52-42-40(48)41(54-55(49,50)51)39(47)37(33-44)53-42/h35-37,39-42,44-45,47-48H,3-34H2,1-2H3,(H,43,46)(H,49,50,51). The Balaban J connectivity index is 2.45. The summed E-state index contributed by atoms with van der Waals surface area (Å²) in [5.74, 6) is -0.231. The molecule has 0 aromatic rings. The minimum absolute atomic E-state index is 0.231. The Hall–Kier alpha value is -0.900. The summed E-state index contributed by atoms with van der Waals surface area (Å²) in [5.41, 5.74) is 0. The van der Waals surface area contributed by atoms with E-state index in [4.69, 9.17) is 14.0 Å². The lowest BCUT2D eigenvalue weighted by Gasteiger charge is -2.41. The minimum atomic E-state index is -5.07. The van der Waals surface area contributed by atoms with Gasteiger partial charge in [-0.25, -0.2) is 4.18 Å². The Morgan fingerprint density at radius 1 is 0.655 bits per heavy atom. The van der Waals surface area contributed by atoms with Gasteiger partial charge in [0.05, 0.1) is 25.4 Å². The Kier molecular flexibility index (Phi) is 32.2. The molecule has 1 aliphatic rings. The van der Waals surface area contributed by atoms with Gasteiger partial charge >= 0.3 is 10.4 Å². The molecule has 0 aromatic heterocycles. The lowest BCUT2D eigenvalue weighted by atomic mass is 9.99. The molecule has 0 saturated carbocycles. The molecular formula is C42H83NO11S. The molecule has 1 aliphatic heterocycles. The second-order valence-corrected chi connectivity index (χ2v) is 17.0. The van der Waals surface area contributed by atoms with E-state index in [1.165, 1.54) is 128 Å². The average Bonchev–Trinajstić information content (AvgIpc) is 3.15. The first-order valence-electron chi connectivity index (χ1n) is 22.4. The first-order chi connectivity index (χ1) is 26.5. The second-order valence-electron chi connectivity index (χ2n) is 16.0. The van der Waals surface area contributed by atoms with E-state index in [9.17, 15) is 33.6 Å². The minimum Gasteiger partial charge on any atom is -0.394 e. The molecule has 0 bridgehead atoms. The van der Waals surface area contributed by atoms with E-state index in [1.807, 2.05) is 0 Å². The highest BCUT2D eigenvalue weighted by Gasteiger charge is 2.48. The fourth-order valence-electron chi connectivity index (χ4n) is 7.40. The molecule has 55 heavy (non-hydrogen) atoms. The molecule has 328 valence electrons. The molecule has 1 saturated heterocycles. The third kappa shape index (κ3) is 27.4. The Bertz CT molecular complexity index is 1000. The van der Waals surface area contributed by atoms with Gasteiger partial charge in [0, 0.05) is 6.42 Å². The fraction of sp³-hybridized carbons (Fsp3) is 0.976. The van der Waals surface area contributed by atoms with Gasteiger partial charge in [0.15, 0.2) is 6.29 Å². The smallest absolute Gasteiger partial charge is 0.394 e. The number of ether oxygens (including phenoxy) is 2. The molecule has 0 aromatic carbocycles. The van der Waals surface area contributed by atoms with Crippen molar-refractivity contribution in [2.75, 3.05) is 13.2 Å². The first kappa shape index (κ1) is 52.1. The summed E-state index contributed by atoms with van der Waals surface area (Å²) in [4.78, 5) is 12.9. The summed E-state index contributed by atoms with van der Waals surface area (Å²) in [5, 5.41) is 44.7. The van der Waals surface area contributed by atoms with Crippen molar-refractivity contribution in [2.45, 2.75) is 249 Å². The first-order valence-corrected chi connectivity index (χ1v) is 23.8. The molecule has 0 spiro atoms. The van der Waals surface area contributed by atoms with Gasteiger partial charge in [-0.1, -0.05) is 187 Å². The number of aliphatic hydroxyl groups excluding tert-OH is 4. The Labute approximate surface area is 335 Å². The lowest BCUT2D eigenvalue weighted by Crippen LogP contribution is -2.61. The van der Waals surface area contributed by atoms with Crippen LogP contribution in [0.3, 0.4) is 0 Å². The summed E-state index contributed by atoms with van der Waals surface area (Å²) in [6.07, 6.45) is 25.5. The van der Waals surface area contributed by atoms with Crippen LogP contribution in [0.25, 0.3) is 0 Å². The molecule has 7 unspecified atom stereocenters. The highest BCUT2D eigenvalue weighted by atomic mass is 32.3. The van der Waals surface area contributed by atoms with Crippen LogP contribution in [-0.2, 0) is 28.9 Å². The van der Waals surface area contributed by atoms with Crippen LogP contribution in [0.4, 0.5) is 0 Å². The van der Waals surface area contributed by atoms with Crippen molar-refractivity contribution in [3.63, 3.8) is 0 Å². The SMILES string of the molecule is CCCCCCCCCCCCCCCCCCCCCC(O)C(COC1OC(CO)C(O)C(OS(=O)(=O)O)C1O)NC(=O)CCCCCCCCCCC. The van der Waals surface area contributed by atoms with Gasteiger partial charge in [0.25, 0.3) is 0 Å². The van der Waals surface area contributed by atoms with E-state index in [-0.39, 0.29) is 12.5 Å². The van der Waals surface area contributed by atoms with Crippen molar-refractivity contribution in [2.24, 2.45) is 0 Å². The molecule has 7 atom stereocenters. The zero-order valence-electron chi connectivity index (χ0n) is 34.8. The predicted octanol–water partition coefficient (Wildman–Crippen LogP) is 8.22. The van der Waals surface area contributed by atoms with Gasteiger partial charge in [-0.15, -0.1) is 0 Å². The van der Waals surface area contributed by atoms with Gasteiger partial charge in [-0.3, -0.25) is 9.35 Å². The fourth-order valence-corrected chi connectivity index (χ4v) is 7.91. The summed E-state index contributed by atoms with van der Waals surface area (Å²) >= 11 is 0. The number of hydrogen-bond donors (Lipinski definition) is 6. The number of amides is 1. The zero-order valence-corrected chi connectivity index (χ0v) is 35.6. The van der Waals surface area contributed by atoms with Crippen LogP contribution in [0, 0.1) is 0 Å². The number of carbonyl (C=O) groups excluding carboxylic acids is 1. The van der Waals surface area contributed by atoms with Gasteiger partial charge in [0.2, 0.25) is 5.91 Å². The molecular weight excluding hydrogens is 727 g/mol. The van der Waals surface area contributed by atoms with Crippen molar-refractivity contribution < 1.29 is 51.8 Å². The van der Waals surface area contributed by atoms with E-state index in [1.54, 1.807) is 0 Å². The predicted molar refractivity (Wildman–Crippen MR) is 218 cm³/mol. The van der Waals surface area contributed by atoms with Crippen LogP contribution in [-0.4, -0.2) is 95.4 Å². The average molecular weight is 810 g/mol. The monoisotopic (exact) mass is 810 g/mol. The maximum absolute atomic E-state index is 12.9. The van der Waals surface area contributed by atoms with Crippen LogP contribution in [0.15, 0.2) is 0 Å². The number of carbonyl (C=O) groups is 1.